The summed E-state index contributed by atoms with van der Waals surface area (Å²) in [6, 6.07) is 5.10. The van der Waals surface area contributed by atoms with Crippen LogP contribution in [0.4, 0.5) is 15.3 Å². The maximum absolute atomic E-state index is 12.2. The molecule has 30 heavy (non-hydrogen) atoms. The average Bonchev–Trinajstić information content (AvgIpc) is 2.72. The number of methoxy groups -OCH3 is 1. The Balaban J connectivity index is 1.61. The number of carboxylic acid groups (broad SMARTS) is 2. The number of nitrogens with zero attached hydrogens (tertiary/aromatic N) is 3. The molecule has 0 unspecified atom stereocenters. The highest BCUT2D eigenvalue weighted by Crippen LogP contribution is 2.31. The van der Waals surface area contributed by atoms with Crippen LogP contribution in [0.5, 0.6) is 5.75 Å². The molecule has 0 spiro atoms. The third-order valence-corrected chi connectivity index (χ3v) is 5.49. The number of hydrogen-bond acceptors (Lipinski definition) is 5. The molecule has 2 heterocycles. The topological polar surface area (TPSA) is 120 Å². The predicted octanol–water partition coefficient (Wildman–Crippen LogP) is 1.72. The minimum Gasteiger partial charge on any atom is -0.494 e. The van der Waals surface area contributed by atoms with E-state index in [1.165, 1.54) is 9.80 Å². The standard InChI is InChI=1S/C20H27N3O7/c1-29-11-9-23-17-4-3-16(12-14(17)2-5-18(23)24)30-10-6-15-13-21(19(25)26)7-8-22(15)20(27)28/h3-4,12,15H,2,5-11,13H2,1H3,(H,25,26)(H,27,28)/t15-/m1/s1. The molecule has 2 N–H and O–H groups in total. The monoisotopic (exact) mass is 421 g/mol. The summed E-state index contributed by atoms with van der Waals surface area (Å²) < 4.78 is 10.9. The summed E-state index contributed by atoms with van der Waals surface area (Å²) in [4.78, 5) is 39.1. The number of piperazine rings is 1. The molecule has 2 aliphatic heterocycles. The van der Waals surface area contributed by atoms with Crippen molar-refractivity contribution in [3.8, 4) is 5.75 Å². The van der Waals surface area contributed by atoms with Crippen LogP contribution in [0.15, 0.2) is 18.2 Å². The highest BCUT2D eigenvalue weighted by molar-refractivity contribution is 5.96. The molecule has 0 saturated carbocycles. The van der Waals surface area contributed by atoms with Crippen molar-refractivity contribution in [2.45, 2.75) is 25.3 Å². The van der Waals surface area contributed by atoms with Gasteiger partial charge in [-0.05, 0) is 30.2 Å². The number of amides is 3. The Hall–Kier alpha value is -3.01. The van der Waals surface area contributed by atoms with Gasteiger partial charge in [-0.25, -0.2) is 9.59 Å². The molecule has 0 aromatic heterocycles. The molecule has 2 aliphatic rings. The molecular weight excluding hydrogens is 394 g/mol. The third-order valence-electron chi connectivity index (χ3n) is 5.49. The Morgan fingerprint density at radius 2 is 1.93 bits per heavy atom. The Bertz CT molecular complexity index is 801. The van der Waals surface area contributed by atoms with Crippen LogP contribution in [0.3, 0.4) is 0 Å². The van der Waals surface area contributed by atoms with Crippen LogP contribution in [-0.2, 0) is 16.0 Å². The molecule has 0 aliphatic carbocycles. The van der Waals surface area contributed by atoms with E-state index in [-0.39, 0.29) is 32.1 Å². The fourth-order valence-corrected chi connectivity index (χ4v) is 3.89. The molecule has 1 atom stereocenters. The summed E-state index contributed by atoms with van der Waals surface area (Å²) in [6.45, 7) is 1.66. The van der Waals surface area contributed by atoms with Crippen LogP contribution in [0.25, 0.3) is 0 Å². The van der Waals surface area contributed by atoms with Gasteiger partial charge in [0, 0.05) is 51.8 Å². The summed E-state index contributed by atoms with van der Waals surface area (Å²) in [5.74, 6) is 0.713. The number of fused-ring (bicyclic) bond motifs is 1. The van der Waals surface area contributed by atoms with Gasteiger partial charge >= 0.3 is 12.2 Å². The third kappa shape index (κ3) is 4.93. The van der Waals surface area contributed by atoms with E-state index in [1.54, 1.807) is 18.1 Å². The lowest BCUT2D eigenvalue weighted by atomic mass is 10.0. The quantitative estimate of drug-likeness (QED) is 0.688. The van der Waals surface area contributed by atoms with Crippen LogP contribution >= 0.6 is 0 Å². The fraction of sp³-hybridized carbons (Fsp3) is 0.550. The minimum absolute atomic E-state index is 0.0715. The number of ether oxygens (including phenoxy) is 2. The first-order chi connectivity index (χ1) is 14.4. The lowest BCUT2D eigenvalue weighted by Crippen LogP contribution is -2.56. The van der Waals surface area contributed by atoms with Gasteiger partial charge in [-0.15, -0.1) is 0 Å². The zero-order valence-corrected chi connectivity index (χ0v) is 17.0. The molecule has 1 saturated heterocycles. The van der Waals surface area contributed by atoms with E-state index in [0.29, 0.717) is 38.2 Å². The van der Waals surface area contributed by atoms with E-state index < -0.39 is 18.2 Å². The smallest absolute Gasteiger partial charge is 0.407 e. The lowest BCUT2D eigenvalue weighted by molar-refractivity contribution is -0.119. The molecule has 10 nitrogen and oxygen atoms in total. The van der Waals surface area contributed by atoms with Gasteiger partial charge in [0.2, 0.25) is 5.91 Å². The number of anilines is 1. The van der Waals surface area contributed by atoms with E-state index in [0.717, 1.165) is 11.3 Å². The van der Waals surface area contributed by atoms with E-state index >= 15 is 0 Å². The Labute approximate surface area is 174 Å². The predicted molar refractivity (Wildman–Crippen MR) is 107 cm³/mol. The minimum atomic E-state index is -1.06. The van der Waals surface area contributed by atoms with E-state index in [2.05, 4.69) is 0 Å². The summed E-state index contributed by atoms with van der Waals surface area (Å²) in [7, 11) is 1.60. The number of rotatable bonds is 7. The summed E-state index contributed by atoms with van der Waals surface area (Å²) >= 11 is 0. The van der Waals surface area contributed by atoms with Gasteiger partial charge in [-0.2, -0.15) is 0 Å². The SMILES string of the molecule is COCCN1C(=O)CCc2cc(OCC[C@@H]3CN(C(=O)O)CCN3C(=O)O)ccc21. The van der Waals surface area contributed by atoms with Crippen molar-refractivity contribution in [3.05, 3.63) is 23.8 Å². The van der Waals surface area contributed by atoms with Gasteiger partial charge in [0.25, 0.3) is 0 Å². The molecule has 1 aromatic rings. The molecule has 0 bridgehead atoms. The van der Waals surface area contributed by atoms with Gasteiger partial charge in [0.1, 0.15) is 5.75 Å². The molecule has 1 aromatic carbocycles. The summed E-state index contributed by atoms with van der Waals surface area (Å²) in [5.41, 5.74) is 1.88. The Morgan fingerprint density at radius 1 is 1.13 bits per heavy atom. The molecule has 0 radical (unpaired) electrons. The van der Waals surface area contributed by atoms with Crippen molar-refractivity contribution >= 4 is 23.8 Å². The van der Waals surface area contributed by atoms with Crippen LogP contribution in [0.2, 0.25) is 0 Å². The van der Waals surface area contributed by atoms with E-state index in [1.807, 2.05) is 12.1 Å². The van der Waals surface area contributed by atoms with Gasteiger partial charge in [-0.3, -0.25) is 4.79 Å². The second kappa shape index (κ2) is 9.66. The molecule has 3 amide bonds. The molecule has 3 rings (SSSR count). The zero-order valence-electron chi connectivity index (χ0n) is 17.0. The molecule has 1 fully saturated rings. The summed E-state index contributed by atoms with van der Waals surface area (Å²) in [6.07, 6.45) is -0.655. The van der Waals surface area contributed by atoms with Crippen molar-refractivity contribution in [3.63, 3.8) is 0 Å². The number of carbonyl (C=O) groups is 3. The van der Waals surface area contributed by atoms with Gasteiger partial charge in [-0.1, -0.05) is 0 Å². The summed E-state index contributed by atoms with van der Waals surface area (Å²) in [5, 5.41) is 18.6. The molecule has 164 valence electrons. The second-order valence-corrected chi connectivity index (χ2v) is 7.32. The van der Waals surface area contributed by atoms with Gasteiger partial charge in [0.15, 0.2) is 0 Å². The molecular formula is C20H27N3O7. The van der Waals surface area contributed by atoms with E-state index in [9.17, 15) is 24.6 Å². The highest BCUT2D eigenvalue weighted by Gasteiger charge is 2.32. The fourth-order valence-electron chi connectivity index (χ4n) is 3.89. The molecule has 10 heteroatoms. The normalized spacial score (nSPS) is 18.9. The van der Waals surface area contributed by atoms with E-state index in [4.69, 9.17) is 9.47 Å². The van der Waals surface area contributed by atoms with Crippen LogP contribution < -0.4 is 9.64 Å². The Kier molecular flexibility index (Phi) is 6.99. The Morgan fingerprint density at radius 3 is 2.63 bits per heavy atom. The largest absolute Gasteiger partial charge is 0.494 e. The zero-order chi connectivity index (χ0) is 21.7. The van der Waals surface area contributed by atoms with Crippen molar-refractivity contribution < 1.29 is 34.1 Å². The lowest BCUT2D eigenvalue weighted by Gasteiger charge is -2.38. The number of benzene rings is 1. The highest BCUT2D eigenvalue weighted by atomic mass is 16.5. The van der Waals surface area contributed by atoms with Crippen molar-refractivity contribution in [2.75, 3.05) is 51.4 Å². The van der Waals surface area contributed by atoms with Crippen LogP contribution in [-0.4, -0.2) is 90.7 Å². The van der Waals surface area contributed by atoms with Crippen molar-refractivity contribution in [2.24, 2.45) is 0 Å². The number of aryl methyl sites for hydroxylation is 1. The second-order valence-electron chi connectivity index (χ2n) is 7.32. The van der Waals surface area contributed by atoms with Gasteiger partial charge < -0.3 is 34.4 Å². The first kappa shape index (κ1) is 21.7. The van der Waals surface area contributed by atoms with Gasteiger partial charge in [0.05, 0.1) is 19.3 Å². The maximum atomic E-state index is 12.2. The van der Waals surface area contributed by atoms with Crippen LogP contribution in [0.1, 0.15) is 18.4 Å². The number of hydrogen-bond donors (Lipinski definition) is 2. The maximum Gasteiger partial charge on any atom is 0.407 e. The van der Waals surface area contributed by atoms with Crippen molar-refractivity contribution in [1.82, 2.24) is 9.80 Å². The number of carbonyl (C=O) groups excluding carboxylic acids is 1. The first-order valence-corrected chi connectivity index (χ1v) is 9.93. The average molecular weight is 421 g/mol. The van der Waals surface area contributed by atoms with Crippen molar-refractivity contribution in [1.29, 1.82) is 0 Å². The van der Waals surface area contributed by atoms with Crippen LogP contribution in [0, 0.1) is 0 Å². The first-order valence-electron chi connectivity index (χ1n) is 9.93.